The molecule has 0 bridgehead atoms. The highest BCUT2D eigenvalue weighted by Gasteiger charge is 2.08. The van der Waals surface area contributed by atoms with Crippen LogP contribution in [-0.2, 0) is 10.5 Å². The van der Waals surface area contributed by atoms with Crippen molar-refractivity contribution in [2.45, 2.75) is 12.7 Å². The number of anilines is 1. The van der Waals surface area contributed by atoms with E-state index in [1.807, 2.05) is 19.1 Å². The number of carbonyl (C=O) groups is 1. The van der Waals surface area contributed by atoms with Crippen molar-refractivity contribution in [3.05, 3.63) is 62.6 Å². The summed E-state index contributed by atoms with van der Waals surface area (Å²) in [6, 6.07) is 10.8. The van der Waals surface area contributed by atoms with Crippen LogP contribution in [0.4, 0.5) is 5.69 Å². The highest BCUT2D eigenvalue weighted by molar-refractivity contribution is 7.99. The lowest BCUT2D eigenvalue weighted by Crippen LogP contribution is -2.14. The Kier molecular flexibility index (Phi) is 6.45. The van der Waals surface area contributed by atoms with Gasteiger partial charge in [0.2, 0.25) is 5.91 Å². The van der Waals surface area contributed by atoms with Gasteiger partial charge >= 0.3 is 0 Å². The molecule has 0 heterocycles. The van der Waals surface area contributed by atoms with Gasteiger partial charge in [-0.05, 0) is 42.3 Å². The van der Waals surface area contributed by atoms with Gasteiger partial charge in [0.1, 0.15) is 0 Å². The summed E-state index contributed by atoms with van der Waals surface area (Å²) in [4.78, 5) is 11.9. The molecule has 116 valence electrons. The second kappa shape index (κ2) is 8.11. The summed E-state index contributed by atoms with van der Waals surface area (Å²) in [5.74, 6) is 0.807. The van der Waals surface area contributed by atoms with E-state index in [0.29, 0.717) is 32.3 Å². The molecule has 2 nitrogen and oxygen atoms in total. The number of aryl methyl sites for hydroxylation is 1. The minimum absolute atomic E-state index is 0.0897. The largest absolute Gasteiger partial charge is 0.325 e. The van der Waals surface area contributed by atoms with Crippen LogP contribution in [0.2, 0.25) is 15.1 Å². The minimum Gasteiger partial charge on any atom is -0.325 e. The third-order valence-corrected chi connectivity index (χ3v) is 5.07. The van der Waals surface area contributed by atoms with Gasteiger partial charge in [0.25, 0.3) is 0 Å². The maximum absolute atomic E-state index is 11.9. The summed E-state index contributed by atoms with van der Waals surface area (Å²) in [7, 11) is 0. The van der Waals surface area contributed by atoms with Gasteiger partial charge in [0.15, 0.2) is 0 Å². The average molecular weight is 375 g/mol. The molecule has 0 saturated carbocycles. The summed E-state index contributed by atoms with van der Waals surface area (Å²) < 4.78 is 0. The molecular weight excluding hydrogens is 361 g/mol. The predicted octanol–water partition coefficient (Wildman–Crippen LogP) is 5.83. The number of carbonyl (C=O) groups excluding carboxylic acids is 1. The molecule has 0 aliphatic carbocycles. The molecule has 0 spiro atoms. The van der Waals surface area contributed by atoms with Crippen LogP contribution in [0.25, 0.3) is 0 Å². The first-order valence-corrected chi connectivity index (χ1v) is 8.83. The molecule has 22 heavy (non-hydrogen) atoms. The quantitative estimate of drug-likeness (QED) is 0.713. The summed E-state index contributed by atoms with van der Waals surface area (Å²) >= 11 is 19.7. The van der Waals surface area contributed by atoms with Gasteiger partial charge in [-0.15, -0.1) is 11.8 Å². The maximum atomic E-state index is 11.9. The Balaban J connectivity index is 1.86. The Hall–Kier alpha value is -0.870. The van der Waals surface area contributed by atoms with E-state index in [4.69, 9.17) is 34.8 Å². The van der Waals surface area contributed by atoms with E-state index in [2.05, 4.69) is 5.32 Å². The SMILES string of the molecule is Cc1ccc(NC(=O)CSCc2c(Cl)cccc2Cl)cc1Cl. The summed E-state index contributed by atoms with van der Waals surface area (Å²) in [5, 5.41) is 4.68. The Bertz CT molecular complexity index is 671. The molecule has 0 radical (unpaired) electrons. The van der Waals surface area contributed by atoms with Gasteiger partial charge in [-0.3, -0.25) is 4.79 Å². The van der Waals surface area contributed by atoms with Crippen LogP contribution in [0.15, 0.2) is 36.4 Å². The van der Waals surface area contributed by atoms with E-state index < -0.39 is 0 Å². The molecule has 1 amide bonds. The standard InChI is InChI=1S/C16H14Cl3NOS/c1-10-5-6-11(7-15(10)19)20-16(21)9-22-8-12-13(17)3-2-4-14(12)18/h2-7H,8-9H2,1H3,(H,20,21). The van der Waals surface area contributed by atoms with Crippen LogP contribution in [0.3, 0.4) is 0 Å². The number of hydrogen-bond donors (Lipinski definition) is 1. The van der Waals surface area contributed by atoms with Gasteiger partial charge in [0, 0.05) is 26.5 Å². The van der Waals surface area contributed by atoms with Gasteiger partial charge < -0.3 is 5.32 Å². The molecule has 2 aromatic rings. The lowest BCUT2D eigenvalue weighted by Gasteiger charge is -2.08. The van der Waals surface area contributed by atoms with Crippen LogP contribution < -0.4 is 5.32 Å². The van der Waals surface area contributed by atoms with Crippen molar-refractivity contribution in [1.29, 1.82) is 0 Å². The molecule has 0 unspecified atom stereocenters. The first kappa shape index (κ1) is 17.5. The zero-order chi connectivity index (χ0) is 16.1. The number of rotatable bonds is 5. The highest BCUT2D eigenvalue weighted by atomic mass is 35.5. The van der Waals surface area contributed by atoms with Gasteiger partial charge in [0.05, 0.1) is 5.75 Å². The molecule has 2 aromatic carbocycles. The second-order valence-corrected chi connectivity index (χ2v) is 6.91. The number of amides is 1. The lowest BCUT2D eigenvalue weighted by atomic mass is 10.2. The van der Waals surface area contributed by atoms with E-state index >= 15 is 0 Å². The molecule has 0 fully saturated rings. The Morgan fingerprint density at radius 1 is 1.09 bits per heavy atom. The van der Waals surface area contributed by atoms with Crippen molar-refractivity contribution in [1.82, 2.24) is 0 Å². The molecule has 0 aromatic heterocycles. The van der Waals surface area contributed by atoms with E-state index in [-0.39, 0.29) is 5.91 Å². The number of thioether (sulfide) groups is 1. The molecule has 1 N–H and O–H groups in total. The molecule has 0 aliphatic heterocycles. The number of hydrogen-bond acceptors (Lipinski definition) is 2. The summed E-state index contributed by atoms with van der Waals surface area (Å²) in [5.41, 5.74) is 2.52. The second-order valence-electron chi connectivity index (χ2n) is 4.71. The molecular formula is C16H14Cl3NOS. The van der Waals surface area contributed by atoms with Crippen LogP contribution in [-0.4, -0.2) is 11.7 Å². The number of halogens is 3. The van der Waals surface area contributed by atoms with Crippen LogP contribution in [0.1, 0.15) is 11.1 Å². The fourth-order valence-electron chi connectivity index (χ4n) is 1.78. The average Bonchev–Trinajstić information content (AvgIpc) is 2.46. The van der Waals surface area contributed by atoms with Crippen molar-refractivity contribution in [3.8, 4) is 0 Å². The fourth-order valence-corrected chi connectivity index (χ4v) is 3.53. The van der Waals surface area contributed by atoms with Crippen LogP contribution >= 0.6 is 46.6 Å². The fraction of sp³-hybridized carbons (Fsp3) is 0.188. The normalized spacial score (nSPS) is 10.5. The minimum atomic E-state index is -0.0897. The van der Waals surface area contributed by atoms with Crippen LogP contribution in [0.5, 0.6) is 0 Å². The maximum Gasteiger partial charge on any atom is 0.234 e. The van der Waals surface area contributed by atoms with Crippen molar-refractivity contribution in [2.24, 2.45) is 0 Å². The van der Waals surface area contributed by atoms with Gasteiger partial charge in [-0.25, -0.2) is 0 Å². The zero-order valence-corrected chi connectivity index (χ0v) is 14.9. The molecule has 2 rings (SSSR count). The Morgan fingerprint density at radius 2 is 1.77 bits per heavy atom. The van der Waals surface area contributed by atoms with E-state index in [9.17, 15) is 4.79 Å². The highest BCUT2D eigenvalue weighted by Crippen LogP contribution is 2.28. The number of benzene rings is 2. The van der Waals surface area contributed by atoms with E-state index in [0.717, 1.165) is 11.1 Å². The molecule has 6 heteroatoms. The topological polar surface area (TPSA) is 29.1 Å². The monoisotopic (exact) mass is 373 g/mol. The lowest BCUT2D eigenvalue weighted by molar-refractivity contribution is -0.113. The first-order valence-electron chi connectivity index (χ1n) is 6.54. The van der Waals surface area contributed by atoms with Crippen molar-refractivity contribution >= 4 is 58.2 Å². The predicted molar refractivity (Wildman–Crippen MR) is 97.4 cm³/mol. The van der Waals surface area contributed by atoms with Gasteiger partial charge in [-0.2, -0.15) is 0 Å². The zero-order valence-electron chi connectivity index (χ0n) is 11.8. The van der Waals surface area contributed by atoms with Gasteiger partial charge in [-0.1, -0.05) is 46.9 Å². The summed E-state index contributed by atoms with van der Waals surface area (Å²) in [6.07, 6.45) is 0. The Labute approximate surface area is 149 Å². The Morgan fingerprint density at radius 3 is 2.41 bits per heavy atom. The molecule has 0 atom stereocenters. The van der Waals surface area contributed by atoms with Crippen molar-refractivity contribution in [3.63, 3.8) is 0 Å². The third-order valence-electron chi connectivity index (χ3n) is 3.00. The number of nitrogens with one attached hydrogen (secondary N) is 1. The summed E-state index contributed by atoms with van der Waals surface area (Å²) in [6.45, 7) is 1.91. The van der Waals surface area contributed by atoms with Crippen molar-refractivity contribution < 1.29 is 4.79 Å². The van der Waals surface area contributed by atoms with Crippen LogP contribution in [0, 0.1) is 6.92 Å². The third kappa shape index (κ3) is 4.82. The first-order chi connectivity index (χ1) is 10.5. The van der Waals surface area contributed by atoms with Crippen molar-refractivity contribution in [2.75, 3.05) is 11.1 Å². The van der Waals surface area contributed by atoms with E-state index in [1.165, 1.54) is 11.8 Å². The van der Waals surface area contributed by atoms with E-state index in [1.54, 1.807) is 24.3 Å². The smallest absolute Gasteiger partial charge is 0.234 e. The molecule has 0 aliphatic rings. The molecule has 0 saturated heterocycles.